The first-order chi connectivity index (χ1) is 6.29. The van der Waals surface area contributed by atoms with Crippen LogP contribution in [0.25, 0.3) is 0 Å². The Kier molecular flexibility index (Phi) is 2.16. The fourth-order valence-electron chi connectivity index (χ4n) is 1.44. The van der Waals surface area contributed by atoms with E-state index in [1.165, 1.54) is 0 Å². The molecule has 1 saturated heterocycles. The summed E-state index contributed by atoms with van der Waals surface area (Å²) in [6.45, 7) is 1.90. The Morgan fingerprint density at radius 2 is 2.38 bits per heavy atom. The summed E-state index contributed by atoms with van der Waals surface area (Å²) >= 11 is 0. The lowest BCUT2D eigenvalue weighted by Gasteiger charge is -2.37. The fraction of sp³-hybridized carbons (Fsp3) is 0.444. The molecule has 0 spiro atoms. The van der Waals surface area contributed by atoms with Crippen molar-refractivity contribution in [2.24, 2.45) is 5.73 Å². The molecule has 2 heterocycles. The van der Waals surface area contributed by atoms with Gasteiger partial charge in [-0.25, -0.2) is 0 Å². The van der Waals surface area contributed by atoms with E-state index in [1.807, 2.05) is 12.1 Å². The molecule has 4 nitrogen and oxygen atoms in total. The summed E-state index contributed by atoms with van der Waals surface area (Å²) in [5.41, 5.74) is 7.46. The molecule has 0 aromatic carbocycles. The van der Waals surface area contributed by atoms with E-state index in [2.05, 4.69) is 9.88 Å². The minimum absolute atomic E-state index is 0.172. The van der Waals surface area contributed by atoms with Gasteiger partial charge < -0.3 is 15.7 Å². The maximum atomic E-state index is 9.12. The van der Waals surface area contributed by atoms with Crippen molar-refractivity contribution in [3.8, 4) is 0 Å². The Morgan fingerprint density at radius 1 is 1.62 bits per heavy atom. The molecule has 0 saturated carbocycles. The Labute approximate surface area is 77.0 Å². The lowest BCUT2D eigenvalue weighted by molar-refractivity contribution is 0.142. The van der Waals surface area contributed by atoms with Crippen LogP contribution < -0.4 is 10.6 Å². The molecule has 1 aromatic heterocycles. The van der Waals surface area contributed by atoms with Crippen LogP contribution in [0, 0.1) is 0 Å². The predicted octanol–water partition coefficient (Wildman–Crippen LogP) is -0.279. The van der Waals surface area contributed by atoms with Crippen LogP contribution in [0.4, 0.5) is 5.69 Å². The van der Waals surface area contributed by atoms with Crippen LogP contribution in [-0.2, 0) is 6.54 Å². The van der Waals surface area contributed by atoms with Gasteiger partial charge in [0.1, 0.15) is 0 Å². The third kappa shape index (κ3) is 1.64. The highest BCUT2D eigenvalue weighted by atomic mass is 16.3. The molecule has 3 N–H and O–H groups in total. The molecule has 1 aliphatic heterocycles. The van der Waals surface area contributed by atoms with Crippen LogP contribution in [0.15, 0.2) is 18.3 Å². The van der Waals surface area contributed by atoms with Gasteiger partial charge in [-0.15, -0.1) is 0 Å². The van der Waals surface area contributed by atoms with Crippen molar-refractivity contribution in [2.45, 2.75) is 12.6 Å². The maximum Gasteiger partial charge on any atom is 0.0889 e. The standard InChI is InChI=1S/C9H13N3O/c10-4-7-3-8(1-2-11-7)12-5-9(13)6-12/h1-3,9,13H,4-6,10H2. The molecule has 0 unspecified atom stereocenters. The number of aliphatic hydroxyl groups is 1. The lowest BCUT2D eigenvalue weighted by Crippen LogP contribution is -2.50. The molecular formula is C9H13N3O. The van der Waals surface area contributed by atoms with Gasteiger partial charge in [0.25, 0.3) is 0 Å². The summed E-state index contributed by atoms with van der Waals surface area (Å²) in [5, 5.41) is 9.12. The molecule has 0 aliphatic carbocycles. The SMILES string of the molecule is NCc1cc(N2CC(O)C2)ccn1. The van der Waals surface area contributed by atoms with Crippen molar-refractivity contribution in [3.05, 3.63) is 24.0 Å². The van der Waals surface area contributed by atoms with Crippen molar-refractivity contribution >= 4 is 5.69 Å². The van der Waals surface area contributed by atoms with E-state index < -0.39 is 0 Å². The number of pyridine rings is 1. The van der Waals surface area contributed by atoms with Gasteiger partial charge in [-0.2, -0.15) is 0 Å². The lowest BCUT2D eigenvalue weighted by atomic mass is 10.1. The Morgan fingerprint density at radius 3 is 3.00 bits per heavy atom. The molecule has 1 fully saturated rings. The smallest absolute Gasteiger partial charge is 0.0889 e. The third-order valence-electron chi connectivity index (χ3n) is 2.24. The summed E-state index contributed by atoms with van der Waals surface area (Å²) in [6.07, 6.45) is 1.58. The fourth-order valence-corrected chi connectivity index (χ4v) is 1.44. The molecule has 0 atom stereocenters. The van der Waals surface area contributed by atoms with E-state index >= 15 is 0 Å². The Hall–Kier alpha value is -1.13. The molecule has 4 heteroatoms. The predicted molar refractivity (Wildman–Crippen MR) is 50.3 cm³/mol. The number of aliphatic hydroxyl groups excluding tert-OH is 1. The summed E-state index contributed by atoms with van der Waals surface area (Å²) in [6, 6.07) is 3.90. The number of β-amino-alcohol motifs (C(OH)–C–C–N with tert-alkyl or cyclic N) is 1. The van der Waals surface area contributed by atoms with Crippen molar-refractivity contribution in [2.75, 3.05) is 18.0 Å². The molecule has 0 amide bonds. The zero-order valence-corrected chi connectivity index (χ0v) is 7.35. The number of anilines is 1. The van der Waals surface area contributed by atoms with Gasteiger partial charge in [-0.1, -0.05) is 0 Å². The first-order valence-corrected chi connectivity index (χ1v) is 4.37. The van der Waals surface area contributed by atoms with Crippen LogP contribution in [-0.4, -0.2) is 29.3 Å². The van der Waals surface area contributed by atoms with Crippen molar-refractivity contribution in [1.29, 1.82) is 0 Å². The zero-order valence-electron chi connectivity index (χ0n) is 7.35. The number of hydrogen-bond donors (Lipinski definition) is 2. The number of aromatic nitrogens is 1. The number of nitrogens with zero attached hydrogens (tertiary/aromatic N) is 2. The van der Waals surface area contributed by atoms with Crippen LogP contribution in [0.5, 0.6) is 0 Å². The van der Waals surface area contributed by atoms with E-state index in [4.69, 9.17) is 10.8 Å². The van der Waals surface area contributed by atoms with E-state index in [0.717, 1.165) is 11.4 Å². The molecular weight excluding hydrogens is 166 g/mol. The Bertz CT molecular complexity index is 297. The van der Waals surface area contributed by atoms with Gasteiger partial charge in [0, 0.05) is 31.5 Å². The highest BCUT2D eigenvalue weighted by Gasteiger charge is 2.24. The number of rotatable bonds is 2. The highest BCUT2D eigenvalue weighted by Crippen LogP contribution is 2.20. The second-order valence-corrected chi connectivity index (χ2v) is 3.27. The van der Waals surface area contributed by atoms with Gasteiger partial charge in [0.15, 0.2) is 0 Å². The molecule has 70 valence electrons. The summed E-state index contributed by atoms with van der Waals surface area (Å²) in [5.74, 6) is 0. The summed E-state index contributed by atoms with van der Waals surface area (Å²) in [4.78, 5) is 6.21. The van der Waals surface area contributed by atoms with Crippen molar-refractivity contribution in [3.63, 3.8) is 0 Å². The van der Waals surface area contributed by atoms with Crippen molar-refractivity contribution in [1.82, 2.24) is 4.98 Å². The summed E-state index contributed by atoms with van der Waals surface area (Å²) in [7, 11) is 0. The Balaban J connectivity index is 2.12. The molecule has 1 aliphatic rings. The van der Waals surface area contributed by atoms with Crippen LogP contribution in [0.1, 0.15) is 5.69 Å². The number of hydrogen-bond acceptors (Lipinski definition) is 4. The molecule has 0 radical (unpaired) electrons. The first kappa shape index (κ1) is 8.47. The average Bonchev–Trinajstić information content (AvgIpc) is 2.13. The average molecular weight is 179 g/mol. The monoisotopic (exact) mass is 179 g/mol. The first-order valence-electron chi connectivity index (χ1n) is 4.37. The van der Waals surface area contributed by atoms with Gasteiger partial charge >= 0.3 is 0 Å². The van der Waals surface area contributed by atoms with E-state index in [9.17, 15) is 0 Å². The van der Waals surface area contributed by atoms with Gasteiger partial charge in [0.05, 0.1) is 11.8 Å². The second-order valence-electron chi connectivity index (χ2n) is 3.27. The van der Waals surface area contributed by atoms with Gasteiger partial charge in [-0.3, -0.25) is 4.98 Å². The molecule has 13 heavy (non-hydrogen) atoms. The van der Waals surface area contributed by atoms with E-state index in [-0.39, 0.29) is 6.10 Å². The minimum Gasteiger partial charge on any atom is -0.389 e. The van der Waals surface area contributed by atoms with Crippen molar-refractivity contribution < 1.29 is 5.11 Å². The normalized spacial score (nSPS) is 17.2. The van der Waals surface area contributed by atoms with Crippen LogP contribution in [0.2, 0.25) is 0 Å². The van der Waals surface area contributed by atoms with E-state index in [0.29, 0.717) is 19.6 Å². The summed E-state index contributed by atoms with van der Waals surface area (Å²) < 4.78 is 0. The molecule has 2 rings (SSSR count). The third-order valence-corrected chi connectivity index (χ3v) is 2.24. The maximum absolute atomic E-state index is 9.12. The zero-order chi connectivity index (χ0) is 9.26. The molecule has 1 aromatic rings. The second kappa shape index (κ2) is 3.32. The van der Waals surface area contributed by atoms with Crippen LogP contribution in [0.3, 0.4) is 0 Å². The number of nitrogens with two attached hydrogens (primary N) is 1. The van der Waals surface area contributed by atoms with Gasteiger partial charge in [0.2, 0.25) is 0 Å². The largest absolute Gasteiger partial charge is 0.389 e. The molecule has 0 bridgehead atoms. The minimum atomic E-state index is -0.172. The topological polar surface area (TPSA) is 62.4 Å². The highest BCUT2D eigenvalue weighted by molar-refractivity contribution is 5.49. The quantitative estimate of drug-likeness (QED) is 0.655. The van der Waals surface area contributed by atoms with Crippen LogP contribution >= 0.6 is 0 Å². The van der Waals surface area contributed by atoms with Gasteiger partial charge in [-0.05, 0) is 12.1 Å². The van der Waals surface area contributed by atoms with E-state index in [1.54, 1.807) is 6.20 Å².